The van der Waals surface area contributed by atoms with Gasteiger partial charge in [-0.1, -0.05) is 64.7 Å². The molecule has 0 spiro atoms. The molecular weight excluding hydrogens is 556 g/mol. The predicted molar refractivity (Wildman–Crippen MR) is 164 cm³/mol. The van der Waals surface area contributed by atoms with E-state index in [1.807, 2.05) is 0 Å². The van der Waals surface area contributed by atoms with Crippen molar-refractivity contribution in [3.8, 4) is 5.75 Å². The molecule has 43 heavy (non-hydrogen) atoms. The Labute approximate surface area is 258 Å². The van der Waals surface area contributed by atoms with Gasteiger partial charge in [-0.2, -0.15) is 0 Å². The lowest BCUT2D eigenvalue weighted by molar-refractivity contribution is -0.0221. The summed E-state index contributed by atoms with van der Waals surface area (Å²) in [5, 5.41) is 10.0. The molecule has 0 atom stereocenters. The smallest absolute Gasteiger partial charge is 0.336 e. The van der Waals surface area contributed by atoms with Gasteiger partial charge in [0.2, 0.25) is 0 Å². The SMILES string of the molecule is CCCCCCCCCCCCOc1cc2c(C(=O)O)c(c1)COCCOCCOCCOCCOCCOCCOC2. The standard InChI is InChI=1S/C33H56O10/c1-2-3-4-5-6-7-8-9-10-11-12-43-31-25-29-27-41-23-21-39-19-17-37-15-13-36-14-16-38-18-20-40-22-24-42-28-30(26-31)32(29)33(34)35/h25-26H,2-24,27-28H2,1H3,(H,34,35). The molecule has 1 aromatic rings. The topological polar surface area (TPSA) is 111 Å². The van der Waals surface area contributed by atoms with Gasteiger partial charge in [-0.05, 0) is 29.7 Å². The van der Waals surface area contributed by atoms with E-state index in [2.05, 4.69) is 6.92 Å². The summed E-state index contributed by atoms with van der Waals surface area (Å²) in [6.45, 7) is 8.28. The van der Waals surface area contributed by atoms with Crippen LogP contribution >= 0.6 is 0 Å². The summed E-state index contributed by atoms with van der Waals surface area (Å²) in [4.78, 5) is 12.3. The largest absolute Gasteiger partial charge is 0.494 e. The van der Waals surface area contributed by atoms with Crippen LogP contribution in [0.15, 0.2) is 12.1 Å². The number of aromatic carboxylic acids is 1. The van der Waals surface area contributed by atoms with E-state index in [1.165, 1.54) is 51.4 Å². The van der Waals surface area contributed by atoms with Crippen molar-refractivity contribution in [1.82, 2.24) is 0 Å². The van der Waals surface area contributed by atoms with Crippen molar-refractivity contribution in [1.29, 1.82) is 0 Å². The number of hydrogen-bond acceptors (Lipinski definition) is 9. The Morgan fingerprint density at radius 1 is 0.581 bits per heavy atom. The summed E-state index contributed by atoms with van der Waals surface area (Å²) < 4.78 is 45.2. The molecule has 1 N–H and O–H groups in total. The number of carbonyl (C=O) groups is 1. The minimum absolute atomic E-state index is 0.129. The third-order valence-corrected chi connectivity index (χ3v) is 7.00. The monoisotopic (exact) mass is 612 g/mol. The van der Waals surface area contributed by atoms with Crippen molar-refractivity contribution in [2.24, 2.45) is 0 Å². The Balaban J connectivity index is 1.89. The van der Waals surface area contributed by atoms with Crippen LogP contribution in [-0.4, -0.2) is 97.0 Å². The van der Waals surface area contributed by atoms with E-state index in [0.29, 0.717) is 103 Å². The molecule has 0 amide bonds. The lowest BCUT2D eigenvalue weighted by Gasteiger charge is -2.16. The minimum Gasteiger partial charge on any atom is -0.494 e. The normalized spacial score (nSPS) is 17.6. The third-order valence-electron chi connectivity index (χ3n) is 7.00. The second kappa shape index (κ2) is 26.6. The maximum Gasteiger partial charge on any atom is 0.336 e. The first-order valence-electron chi connectivity index (χ1n) is 16.3. The van der Waals surface area contributed by atoms with Crippen molar-refractivity contribution in [3.05, 3.63) is 28.8 Å². The molecular formula is C33H56O10. The summed E-state index contributed by atoms with van der Waals surface area (Å²) in [6.07, 6.45) is 12.5. The molecule has 10 nitrogen and oxygen atoms in total. The second-order valence-electron chi connectivity index (χ2n) is 10.6. The van der Waals surface area contributed by atoms with E-state index >= 15 is 0 Å². The van der Waals surface area contributed by atoms with Crippen LogP contribution in [0, 0.1) is 0 Å². The van der Waals surface area contributed by atoms with Gasteiger partial charge in [-0.25, -0.2) is 4.79 Å². The van der Waals surface area contributed by atoms with Gasteiger partial charge in [0, 0.05) is 0 Å². The third kappa shape index (κ3) is 19.3. The Hall–Kier alpha value is -1.79. The number of carboxylic acids is 1. The van der Waals surface area contributed by atoms with Crippen LogP contribution in [0.3, 0.4) is 0 Å². The number of unbranched alkanes of at least 4 members (excludes halogenated alkanes) is 9. The van der Waals surface area contributed by atoms with Crippen LogP contribution in [0.4, 0.5) is 0 Å². The van der Waals surface area contributed by atoms with Gasteiger partial charge in [0.05, 0.1) is 105 Å². The summed E-state index contributed by atoms with van der Waals surface area (Å²) >= 11 is 0. The quantitative estimate of drug-likeness (QED) is 0.274. The number of rotatable bonds is 13. The van der Waals surface area contributed by atoms with E-state index in [4.69, 9.17) is 37.9 Å². The number of ether oxygens (including phenoxy) is 8. The van der Waals surface area contributed by atoms with Gasteiger partial charge in [0.15, 0.2) is 0 Å². The van der Waals surface area contributed by atoms with Gasteiger partial charge >= 0.3 is 5.97 Å². The van der Waals surface area contributed by atoms with Crippen LogP contribution in [-0.2, 0) is 46.4 Å². The molecule has 0 aromatic heterocycles. The summed E-state index contributed by atoms with van der Waals surface area (Å²) in [5.41, 5.74) is 1.29. The van der Waals surface area contributed by atoms with Crippen LogP contribution in [0.5, 0.6) is 5.75 Å². The van der Waals surface area contributed by atoms with Crippen molar-refractivity contribution in [2.75, 3.05) is 85.9 Å². The Morgan fingerprint density at radius 2 is 0.930 bits per heavy atom. The predicted octanol–water partition coefficient (Wildman–Crippen LogP) is 5.81. The van der Waals surface area contributed by atoms with Crippen LogP contribution in [0.25, 0.3) is 0 Å². The van der Waals surface area contributed by atoms with Crippen LogP contribution in [0.2, 0.25) is 0 Å². The van der Waals surface area contributed by atoms with Gasteiger partial charge in [-0.3, -0.25) is 0 Å². The van der Waals surface area contributed by atoms with Crippen molar-refractivity contribution in [2.45, 2.75) is 84.3 Å². The van der Waals surface area contributed by atoms with Crippen LogP contribution < -0.4 is 4.74 Å². The fourth-order valence-corrected chi connectivity index (χ4v) is 4.68. The Bertz CT molecular complexity index is 776. The van der Waals surface area contributed by atoms with Gasteiger partial charge < -0.3 is 43.0 Å². The molecule has 0 saturated carbocycles. The molecule has 1 aliphatic heterocycles. The van der Waals surface area contributed by atoms with Gasteiger partial charge in [0.1, 0.15) is 5.75 Å². The van der Waals surface area contributed by atoms with E-state index in [1.54, 1.807) is 12.1 Å². The Kier molecular flexibility index (Phi) is 23.1. The molecule has 2 rings (SSSR count). The first kappa shape index (κ1) is 37.4. The number of benzene rings is 1. The fourth-order valence-electron chi connectivity index (χ4n) is 4.68. The summed E-state index contributed by atoms with van der Waals surface area (Å²) in [7, 11) is 0. The average Bonchev–Trinajstić information content (AvgIpc) is 3.00. The molecule has 1 aromatic carbocycles. The Morgan fingerprint density at radius 3 is 1.30 bits per heavy atom. The zero-order valence-corrected chi connectivity index (χ0v) is 26.5. The highest BCUT2D eigenvalue weighted by molar-refractivity contribution is 5.91. The number of carboxylic acid groups (broad SMARTS) is 1. The molecule has 2 bridgehead atoms. The molecule has 1 aliphatic rings. The van der Waals surface area contributed by atoms with Crippen molar-refractivity contribution >= 4 is 5.97 Å². The van der Waals surface area contributed by atoms with Gasteiger partial charge in [0.25, 0.3) is 0 Å². The second-order valence-corrected chi connectivity index (χ2v) is 10.6. The molecule has 0 fully saturated rings. The number of fused-ring (bicyclic) bond motifs is 2. The highest BCUT2D eigenvalue weighted by Gasteiger charge is 2.18. The van der Waals surface area contributed by atoms with E-state index in [9.17, 15) is 9.90 Å². The van der Waals surface area contributed by atoms with Crippen molar-refractivity contribution < 1.29 is 47.8 Å². The first-order valence-corrected chi connectivity index (χ1v) is 16.3. The van der Waals surface area contributed by atoms with E-state index in [-0.39, 0.29) is 18.8 Å². The highest BCUT2D eigenvalue weighted by Crippen LogP contribution is 2.25. The van der Waals surface area contributed by atoms with E-state index in [0.717, 1.165) is 12.8 Å². The summed E-state index contributed by atoms with van der Waals surface area (Å²) in [6, 6.07) is 3.54. The zero-order chi connectivity index (χ0) is 30.6. The number of hydrogen-bond donors (Lipinski definition) is 1. The fraction of sp³-hybridized carbons (Fsp3) is 0.788. The maximum atomic E-state index is 12.3. The molecule has 1 heterocycles. The minimum atomic E-state index is -1.02. The molecule has 0 aliphatic carbocycles. The van der Waals surface area contributed by atoms with Crippen LogP contribution in [0.1, 0.15) is 92.6 Å². The maximum absolute atomic E-state index is 12.3. The highest BCUT2D eigenvalue weighted by atomic mass is 16.6. The lowest BCUT2D eigenvalue weighted by atomic mass is 10.0. The first-order chi connectivity index (χ1) is 21.2. The summed E-state index contributed by atoms with van der Waals surface area (Å²) in [5.74, 6) is -0.393. The van der Waals surface area contributed by atoms with E-state index < -0.39 is 5.97 Å². The average molecular weight is 613 g/mol. The van der Waals surface area contributed by atoms with Crippen molar-refractivity contribution in [3.63, 3.8) is 0 Å². The molecule has 0 radical (unpaired) electrons. The molecule has 0 unspecified atom stereocenters. The molecule has 10 heteroatoms. The molecule has 248 valence electrons. The van der Waals surface area contributed by atoms with Gasteiger partial charge in [-0.15, -0.1) is 0 Å². The molecule has 0 saturated heterocycles. The lowest BCUT2D eigenvalue weighted by Crippen LogP contribution is -2.15. The zero-order valence-electron chi connectivity index (χ0n) is 26.5.